The minimum atomic E-state index is -0.280. The molecule has 1 N–H and O–H groups in total. The van der Waals surface area contributed by atoms with Crippen LogP contribution in [0.15, 0.2) is 30.3 Å². The lowest BCUT2D eigenvalue weighted by Gasteiger charge is -1.99. The predicted octanol–water partition coefficient (Wildman–Crippen LogP) is 1.35. The van der Waals surface area contributed by atoms with Crippen LogP contribution in [-0.4, -0.2) is 19.6 Å². The molecule has 0 heterocycles. The Hall–Kier alpha value is -2.28. The molecule has 0 radical (unpaired) electrons. The van der Waals surface area contributed by atoms with E-state index in [2.05, 4.69) is 5.32 Å². The number of nitrogens with one attached hydrogen (secondary N) is 1. The molecule has 4 nitrogen and oxygen atoms in total. The third-order valence-corrected chi connectivity index (χ3v) is 1.88. The van der Waals surface area contributed by atoms with Crippen LogP contribution in [0.3, 0.4) is 0 Å². The molecule has 1 rings (SSSR count). The van der Waals surface area contributed by atoms with Crippen molar-refractivity contribution in [1.29, 1.82) is 5.26 Å². The Morgan fingerprint density at radius 3 is 2.75 bits per heavy atom. The average Bonchev–Trinajstić information content (AvgIpc) is 2.34. The van der Waals surface area contributed by atoms with Crippen LogP contribution >= 0.6 is 0 Å². The van der Waals surface area contributed by atoms with E-state index in [-0.39, 0.29) is 12.5 Å². The van der Waals surface area contributed by atoms with E-state index < -0.39 is 0 Å². The zero-order valence-electron chi connectivity index (χ0n) is 8.93. The number of amides is 1. The molecule has 0 saturated carbocycles. The van der Waals surface area contributed by atoms with Crippen molar-refractivity contribution in [2.45, 2.75) is 0 Å². The van der Waals surface area contributed by atoms with Gasteiger partial charge in [0.1, 0.15) is 12.3 Å². The highest BCUT2D eigenvalue weighted by Gasteiger charge is 1.93. The fraction of sp³-hybridized carbons (Fsp3) is 0.167. The molecule has 1 aromatic carbocycles. The van der Waals surface area contributed by atoms with E-state index in [0.717, 1.165) is 11.3 Å². The predicted molar refractivity (Wildman–Crippen MR) is 60.7 cm³/mol. The molecule has 0 atom stereocenters. The molecule has 0 aliphatic carbocycles. The van der Waals surface area contributed by atoms with Crippen LogP contribution in [0.1, 0.15) is 5.56 Å². The molecule has 0 unspecified atom stereocenters. The largest absolute Gasteiger partial charge is 0.497 e. The molecule has 1 amide bonds. The highest BCUT2D eigenvalue weighted by Crippen LogP contribution is 2.11. The lowest BCUT2D eigenvalue weighted by Crippen LogP contribution is -2.20. The van der Waals surface area contributed by atoms with E-state index in [4.69, 9.17) is 10.00 Å². The standard InChI is InChI=1S/C12H12N2O2/c1-16-11-5-2-10(3-6-11)4-7-12(15)14-9-8-13/h2-7H,9H2,1H3,(H,14,15)/b7-4+. The van der Waals surface area contributed by atoms with Crippen molar-refractivity contribution >= 4 is 12.0 Å². The van der Waals surface area contributed by atoms with Crippen LogP contribution in [0.5, 0.6) is 5.75 Å². The van der Waals surface area contributed by atoms with Crippen molar-refractivity contribution in [3.8, 4) is 11.8 Å². The first-order chi connectivity index (χ1) is 7.76. The van der Waals surface area contributed by atoms with Crippen LogP contribution in [0.25, 0.3) is 6.08 Å². The minimum Gasteiger partial charge on any atom is -0.497 e. The quantitative estimate of drug-likeness (QED) is 0.610. The summed E-state index contributed by atoms with van der Waals surface area (Å²) in [5.41, 5.74) is 0.896. The van der Waals surface area contributed by atoms with Gasteiger partial charge in [0.05, 0.1) is 13.2 Å². The molecule has 16 heavy (non-hydrogen) atoms. The topological polar surface area (TPSA) is 62.1 Å². The van der Waals surface area contributed by atoms with Crippen LogP contribution < -0.4 is 10.1 Å². The fourth-order valence-corrected chi connectivity index (χ4v) is 1.07. The monoisotopic (exact) mass is 216 g/mol. The second-order valence-electron chi connectivity index (χ2n) is 2.98. The SMILES string of the molecule is COc1ccc(/C=C/C(=O)NCC#N)cc1. The average molecular weight is 216 g/mol. The molecular formula is C12H12N2O2. The number of nitrogens with zero attached hydrogens (tertiary/aromatic N) is 1. The van der Waals surface area contributed by atoms with Gasteiger partial charge in [-0.2, -0.15) is 5.26 Å². The highest BCUT2D eigenvalue weighted by molar-refractivity contribution is 5.91. The zero-order chi connectivity index (χ0) is 11.8. The lowest BCUT2D eigenvalue weighted by atomic mass is 10.2. The number of nitriles is 1. The van der Waals surface area contributed by atoms with Gasteiger partial charge < -0.3 is 10.1 Å². The molecular weight excluding hydrogens is 204 g/mol. The van der Waals surface area contributed by atoms with Gasteiger partial charge in [0.15, 0.2) is 0 Å². The summed E-state index contributed by atoms with van der Waals surface area (Å²) in [6, 6.07) is 9.13. The van der Waals surface area contributed by atoms with E-state index in [1.165, 1.54) is 6.08 Å². The number of hydrogen-bond acceptors (Lipinski definition) is 3. The van der Waals surface area contributed by atoms with Crippen LogP contribution in [0, 0.1) is 11.3 Å². The van der Waals surface area contributed by atoms with Gasteiger partial charge in [-0.05, 0) is 23.8 Å². The van der Waals surface area contributed by atoms with Crippen LogP contribution in [0.2, 0.25) is 0 Å². The summed E-state index contributed by atoms with van der Waals surface area (Å²) < 4.78 is 5.01. The second kappa shape index (κ2) is 6.25. The summed E-state index contributed by atoms with van der Waals surface area (Å²) in [6.45, 7) is 0.0196. The molecule has 0 fully saturated rings. The molecule has 0 aromatic heterocycles. The lowest BCUT2D eigenvalue weighted by molar-refractivity contribution is -0.116. The van der Waals surface area contributed by atoms with Gasteiger partial charge >= 0.3 is 0 Å². The molecule has 0 spiro atoms. The van der Waals surface area contributed by atoms with Gasteiger partial charge in [0.2, 0.25) is 5.91 Å². The van der Waals surface area contributed by atoms with Crippen molar-refractivity contribution < 1.29 is 9.53 Å². The maximum atomic E-state index is 11.1. The Morgan fingerprint density at radius 1 is 1.50 bits per heavy atom. The first kappa shape index (κ1) is 11.8. The number of carbonyl (C=O) groups excluding carboxylic acids is 1. The molecule has 0 aliphatic heterocycles. The van der Waals surface area contributed by atoms with E-state index >= 15 is 0 Å². The molecule has 0 saturated heterocycles. The maximum absolute atomic E-state index is 11.1. The number of hydrogen-bond donors (Lipinski definition) is 1. The van der Waals surface area contributed by atoms with E-state index in [0.29, 0.717) is 0 Å². The number of methoxy groups -OCH3 is 1. The number of rotatable bonds is 4. The minimum absolute atomic E-state index is 0.0196. The number of benzene rings is 1. The Kier molecular flexibility index (Phi) is 4.61. The van der Waals surface area contributed by atoms with Crippen molar-refractivity contribution in [1.82, 2.24) is 5.32 Å². The smallest absolute Gasteiger partial charge is 0.244 e. The summed E-state index contributed by atoms with van der Waals surface area (Å²) in [4.78, 5) is 11.1. The third-order valence-electron chi connectivity index (χ3n) is 1.88. The summed E-state index contributed by atoms with van der Waals surface area (Å²) in [5.74, 6) is 0.489. The van der Waals surface area contributed by atoms with E-state index in [1.54, 1.807) is 13.2 Å². The van der Waals surface area contributed by atoms with Gasteiger partial charge in [-0.1, -0.05) is 12.1 Å². The zero-order valence-corrected chi connectivity index (χ0v) is 8.93. The maximum Gasteiger partial charge on any atom is 0.244 e. The highest BCUT2D eigenvalue weighted by atomic mass is 16.5. The summed E-state index contributed by atoms with van der Waals surface area (Å²) >= 11 is 0. The van der Waals surface area contributed by atoms with Gasteiger partial charge in [0, 0.05) is 6.08 Å². The summed E-state index contributed by atoms with van der Waals surface area (Å²) in [7, 11) is 1.60. The van der Waals surface area contributed by atoms with Crippen molar-refractivity contribution in [3.63, 3.8) is 0 Å². The van der Waals surface area contributed by atoms with Gasteiger partial charge in [-0.15, -0.1) is 0 Å². The number of carbonyl (C=O) groups is 1. The first-order valence-electron chi connectivity index (χ1n) is 4.73. The molecule has 0 bridgehead atoms. The Labute approximate surface area is 94.1 Å². The first-order valence-corrected chi connectivity index (χ1v) is 4.73. The van der Waals surface area contributed by atoms with E-state index in [9.17, 15) is 4.79 Å². The van der Waals surface area contributed by atoms with Crippen LogP contribution in [-0.2, 0) is 4.79 Å². The van der Waals surface area contributed by atoms with Gasteiger partial charge in [-0.25, -0.2) is 0 Å². The van der Waals surface area contributed by atoms with Gasteiger partial charge in [-0.3, -0.25) is 4.79 Å². The Bertz CT molecular complexity index is 416. The van der Waals surface area contributed by atoms with Gasteiger partial charge in [0.25, 0.3) is 0 Å². The third kappa shape index (κ3) is 3.84. The fourth-order valence-electron chi connectivity index (χ4n) is 1.07. The van der Waals surface area contributed by atoms with Crippen LogP contribution in [0.4, 0.5) is 0 Å². The molecule has 4 heteroatoms. The van der Waals surface area contributed by atoms with Crippen molar-refractivity contribution in [2.24, 2.45) is 0 Å². The molecule has 0 aliphatic rings. The Balaban J connectivity index is 2.56. The normalized spacial score (nSPS) is 9.75. The summed E-state index contributed by atoms with van der Waals surface area (Å²) in [5, 5.41) is 10.7. The van der Waals surface area contributed by atoms with Crippen molar-refractivity contribution in [2.75, 3.05) is 13.7 Å². The van der Waals surface area contributed by atoms with Crippen molar-refractivity contribution in [3.05, 3.63) is 35.9 Å². The molecule has 82 valence electrons. The summed E-state index contributed by atoms with van der Waals surface area (Å²) in [6.07, 6.45) is 3.06. The Morgan fingerprint density at radius 2 is 2.19 bits per heavy atom. The van der Waals surface area contributed by atoms with E-state index in [1.807, 2.05) is 30.3 Å². The molecule has 1 aromatic rings. The second-order valence-corrected chi connectivity index (χ2v) is 2.98. The number of ether oxygens (including phenoxy) is 1.